The second kappa shape index (κ2) is 11.6. The number of carbonyl (C=O) groups is 3. The zero-order valence-corrected chi connectivity index (χ0v) is 16.7. The van der Waals surface area contributed by atoms with Crippen molar-refractivity contribution in [3.63, 3.8) is 0 Å². The summed E-state index contributed by atoms with van der Waals surface area (Å²) in [4.78, 5) is 35.3. The van der Waals surface area contributed by atoms with Gasteiger partial charge in [-0.15, -0.1) is 0 Å². The lowest BCUT2D eigenvalue weighted by Gasteiger charge is -2.12. The van der Waals surface area contributed by atoms with Gasteiger partial charge in [-0.1, -0.05) is 30.9 Å². The molecule has 0 atom stereocenters. The molecular formula is C21H23N3O4S. The van der Waals surface area contributed by atoms with Gasteiger partial charge < -0.3 is 21.1 Å². The van der Waals surface area contributed by atoms with E-state index in [0.29, 0.717) is 35.0 Å². The number of benzene rings is 2. The van der Waals surface area contributed by atoms with Gasteiger partial charge in [-0.05, 0) is 30.3 Å². The molecule has 29 heavy (non-hydrogen) atoms. The second-order valence-electron chi connectivity index (χ2n) is 5.95. The molecular weight excluding hydrogens is 390 g/mol. The Morgan fingerprint density at radius 3 is 2.52 bits per heavy atom. The Balaban J connectivity index is 1.96. The number of nitrogens with one attached hydrogen (secondary N) is 2. The van der Waals surface area contributed by atoms with Crippen LogP contribution >= 0.6 is 11.8 Å². The number of hydrogen-bond donors (Lipinski definition) is 3. The van der Waals surface area contributed by atoms with Crippen LogP contribution in [-0.2, 0) is 9.59 Å². The minimum Gasteiger partial charge on any atom is -0.489 e. The van der Waals surface area contributed by atoms with Crippen LogP contribution in [0.4, 0.5) is 11.4 Å². The third kappa shape index (κ3) is 7.71. The second-order valence-corrected chi connectivity index (χ2v) is 7.05. The number of amides is 3. The normalized spacial score (nSPS) is 10.1. The highest BCUT2D eigenvalue weighted by Crippen LogP contribution is 2.21. The van der Waals surface area contributed by atoms with Gasteiger partial charge in [-0.2, -0.15) is 11.8 Å². The van der Waals surface area contributed by atoms with Crippen molar-refractivity contribution in [2.75, 3.05) is 28.7 Å². The van der Waals surface area contributed by atoms with Crippen LogP contribution in [0.5, 0.6) is 5.75 Å². The summed E-state index contributed by atoms with van der Waals surface area (Å²) in [5, 5.41) is 5.57. The first-order chi connectivity index (χ1) is 14.0. The Bertz CT molecular complexity index is 886. The summed E-state index contributed by atoms with van der Waals surface area (Å²) in [5.41, 5.74) is 6.55. The average Bonchev–Trinajstić information content (AvgIpc) is 2.70. The van der Waals surface area contributed by atoms with E-state index in [1.54, 1.807) is 54.6 Å². The summed E-state index contributed by atoms with van der Waals surface area (Å²) in [6.07, 6.45) is 1.86. The third-order valence-corrected chi connectivity index (χ3v) is 4.59. The predicted octanol–water partition coefficient (Wildman–Crippen LogP) is 3.05. The number of rotatable bonds is 11. The first kappa shape index (κ1) is 22.0. The van der Waals surface area contributed by atoms with Gasteiger partial charge in [0.05, 0.1) is 11.3 Å². The minimum absolute atomic E-state index is 0.186. The molecule has 0 saturated carbocycles. The molecule has 0 fully saturated rings. The summed E-state index contributed by atoms with van der Waals surface area (Å²) >= 11 is 1.31. The quantitative estimate of drug-likeness (QED) is 0.387. The number of ether oxygens (including phenoxy) is 1. The molecule has 0 saturated heterocycles. The molecule has 0 radical (unpaired) electrons. The van der Waals surface area contributed by atoms with Crippen LogP contribution in [-0.4, -0.2) is 35.8 Å². The van der Waals surface area contributed by atoms with Gasteiger partial charge in [0.25, 0.3) is 5.91 Å². The Hall–Kier alpha value is -3.26. The van der Waals surface area contributed by atoms with Crippen LogP contribution in [0.3, 0.4) is 0 Å². The molecule has 8 heteroatoms. The Labute approximate surface area is 173 Å². The largest absolute Gasteiger partial charge is 0.489 e. The fourth-order valence-electron chi connectivity index (χ4n) is 2.36. The summed E-state index contributed by atoms with van der Waals surface area (Å²) < 4.78 is 5.52. The van der Waals surface area contributed by atoms with Crippen molar-refractivity contribution in [1.82, 2.24) is 0 Å². The van der Waals surface area contributed by atoms with Crippen LogP contribution in [0, 0.1) is 0 Å². The fraction of sp³-hybridized carbons (Fsp3) is 0.190. The van der Waals surface area contributed by atoms with Crippen molar-refractivity contribution in [3.05, 3.63) is 66.7 Å². The molecule has 0 bridgehead atoms. The molecule has 3 amide bonds. The highest BCUT2D eigenvalue weighted by molar-refractivity contribution is 7.99. The van der Waals surface area contributed by atoms with Crippen LogP contribution in [0.1, 0.15) is 16.8 Å². The zero-order valence-electron chi connectivity index (χ0n) is 15.9. The number of thioether (sulfide) groups is 1. The van der Waals surface area contributed by atoms with E-state index in [1.807, 2.05) is 0 Å². The van der Waals surface area contributed by atoms with E-state index in [4.69, 9.17) is 10.5 Å². The maximum Gasteiger partial charge on any atom is 0.259 e. The fourth-order valence-corrected chi connectivity index (χ4v) is 3.04. The number of primary amides is 1. The molecule has 7 nitrogen and oxygen atoms in total. The highest BCUT2D eigenvalue weighted by atomic mass is 32.2. The standard InChI is InChI=1S/C21H23N3O4S/c1-2-11-28-18-9-4-3-8-17(18)21(27)24-16-7-5-6-15(13-16)23-20(26)10-12-29-14-19(22)25/h2-9,13H,1,10-12,14H2,(H2,22,25)(H,23,26)(H,24,27). The van der Waals surface area contributed by atoms with Crippen molar-refractivity contribution in [1.29, 1.82) is 0 Å². The highest BCUT2D eigenvalue weighted by Gasteiger charge is 2.12. The van der Waals surface area contributed by atoms with Crippen molar-refractivity contribution in [3.8, 4) is 5.75 Å². The van der Waals surface area contributed by atoms with E-state index in [0.717, 1.165) is 0 Å². The van der Waals surface area contributed by atoms with Crippen LogP contribution in [0.25, 0.3) is 0 Å². The predicted molar refractivity (Wildman–Crippen MR) is 116 cm³/mol. The monoisotopic (exact) mass is 413 g/mol. The molecule has 4 N–H and O–H groups in total. The number of carbonyl (C=O) groups excluding carboxylic acids is 3. The van der Waals surface area contributed by atoms with Crippen LogP contribution < -0.4 is 21.1 Å². The maximum atomic E-state index is 12.6. The van der Waals surface area contributed by atoms with Crippen molar-refractivity contribution in [2.45, 2.75) is 6.42 Å². The maximum absolute atomic E-state index is 12.6. The average molecular weight is 413 g/mol. The first-order valence-corrected chi connectivity index (χ1v) is 10.0. The molecule has 0 unspecified atom stereocenters. The first-order valence-electron chi connectivity index (χ1n) is 8.89. The lowest BCUT2D eigenvalue weighted by Crippen LogP contribution is -2.16. The molecule has 2 aromatic rings. The number of anilines is 2. The Morgan fingerprint density at radius 1 is 1.07 bits per heavy atom. The number of para-hydroxylation sites is 1. The topological polar surface area (TPSA) is 111 Å². The Morgan fingerprint density at radius 2 is 1.79 bits per heavy atom. The smallest absolute Gasteiger partial charge is 0.259 e. The number of nitrogens with two attached hydrogens (primary N) is 1. The molecule has 2 rings (SSSR count). The molecule has 0 heterocycles. The van der Waals surface area contributed by atoms with E-state index in [-0.39, 0.29) is 24.0 Å². The zero-order chi connectivity index (χ0) is 21.1. The molecule has 152 valence electrons. The number of hydrogen-bond acceptors (Lipinski definition) is 5. The van der Waals surface area contributed by atoms with Gasteiger partial charge in [0.1, 0.15) is 12.4 Å². The summed E-state index contributed by atoms with van der Waals surface area (Å²) in [5.74, 6) is 0.224. The summed E-state index contributed by atoms with van der Waals surface area (Å²) in [7, 11) is 0. The summed E-state index contributed by atoms with van der Waals surface area (Å²) in [6, 6.07) is 13.8. The van der Waals surface area contributed by atoms with Crippen LogP contribution in [0.15, 0.2) is 61.2 Å². The van der Waals surface area contributed by atoms with Crippen molar-refractivity contribution >= 4 is 40.9 Å². The van der Waals surface area contributed by atoms with Gasteiger partial charge in [-0.3, -0.25) is 14.4 Å². The van der Waals surface area contributed by atoms with Crippen molar-refractivity contribution < 1.29 is 19.1 Å². The van der Waals surface area contributed by atoms with Crippen LogP contribution in [0.2, 0.25) is 0 Å². The molecule has 0 spiro atoms. The Kier molecular flexibility index (Phi) is 8.78. The van der Waals surface area contributed by atoms with E-state index in [9.17, 15) is 14.4 Å². The van der Waals surface area contributed by atoms with Gasteiger partial charge in [-0.25, -0.2) is 0 Å². The van der Waals surface area contributed by atoms with E-state index >= 15 is 0 Å². The molecule has 0 aliphatic rings. The third-order valence-electron chi connectivity index (χ3n) is 3.61. The molecule has 0 aromatic heterocycles. The SMILES string of the molecule is C=CCOc1ccccc1C(=O)Nc1cccc(NC(=O)CCSCC(N)=O)c1. The van der Waals surface area contributed by atoms with Crippen molar-refractivity contribution in [2.24, 2.45) is 5.73 Å². The summed E-state index contributed by atoms with van der Waals surface area (Å²) in [6.45, 7) is 3.90. The van der Waals surface area contributed by atoms with Gasteiger partial charge in [0, 0.05) is 23.5 Å². The van der Waals surface area contributed by atoms with Gasteiger partial charge >= 0.3 is 0 Å². The lowest BCUT2D eigenvalue weighted by molar-refractivity contribution is -0.116. The molecule has 2 aromatic carbocycles. The van der Waals surface area contributed by atoms with Gasteiger partial charge in [0.2, 0.25) is 11.8 Å². The van der Waals surface area contributed by atoms with E-state index in [1.165, 1.54) is 11.8 Å². The van der Waals surface area contributed by atoms with E-state index in [2.05, 4.69) is 17.2 Å². The molecule has 0 aliphatic heterocycles. The molecule has 0 aliphatic carbocycles. The van der Waals surface area contributed by atoms with Gasteiger partial charge in [0.15, 0.2) is 0 Å². The van der Waals surface area contributed by atoms with E-state index < -0.39 is 5.91 Å². The minimum atomic E-state index is -0.407. The lowest BCUT2D eigenvalue weighted by atomic mass is 10.1.